The zero-order valence-corrected chi connectivity index (χ0v) is 12.6. The van der Waals surface area contributed by atoms with Crippen LogP contribution in [0.25, 0.3) is 0 Å². The van der Waals surface area contributed by atoms with Gasteiger partial charge in [-0.1, -0.05) is 0 Å². The van der Waals surface area contributed by atoms with Crippen LogP contribution in [0.3, 0.4) is 0 Å². The van der Waals surface area contributed by atoms with Gasteiger partial charge in [0.15, 0.2) is 0 Å². The van der Waals surface area contributed by atoms with Gasteiger partial charge in [0.25, 0.3) is 0 Å². The summed E-state index contributed by atoms with van der Waals surface area (Å²) < 4.78 is 11.3. The van der Waals surface area contributed by atoms with Crippen molar-refractivity contribution in [3.05, 3.63) is 0 Å². The largest absolute Gasteiger partial charge is 0.444 e. The molecule has 0 aromatic carbocycles. The molecule has 5 nitrogen and oxygen atoms in total. The van der Waals surface area contributed by atoms with Crippen LogP contribution in [0.15, 0.2) is 0 Å². The second-order valence-corrected chi connectivity index (χ2v) is 6.82. The minimum absolute atomic E-state index is 0.0943. The molecule has 2 aliphatic rings. The van der Waals surface area contributed by atoms with Gasteiger partial charge in [0.2, 0.25) is 0 Å². The average Bonchev–Trinajstić information content (AvgIpc) is 2.37. The fourth-order valence-electron chi connectivity index (χ4n) is 2.91. The molecule has 112 valence electrons. The lowest BCUT2D eigenvalue weighted by molar-refractivity contribution is -0.119. The van der Waals surface area contributed by atoms with E-state index in [1.54, 1.807) is 4.90 Å². The molecule has 0 N–H and O–H groups in total. The third kappa shape index (κ3) is 3.63. The molecule has 0 saturated carbocycles. The predicted octanol–water partition coefficient (Wildman–Crippen LogP) is 2.71. The van der Waals surface area contributed by atoms with E-state index in [2.05, 4.69) is 6.07 Å². The van der Waals surface area contributed by atoms with Gasteiger partial charge in [0, 0.05) is 19.7 Å². The molecule has 1 spiro atoms. The number of hydrogen-bond donors (Lipinski definition) is 0. The number of nitriles is 1. The van der Waals surface area contributed by atoms with E-state index in [1.807, 2.05) is 20.8 Å². The first-order chi connectivity index (χ1) is 9.34. The Morgan fingerprint density at radius 3 is 2.60 bits per heavy atom. The van der Waals surface area contributed by atoms with Gasteiger partial charge >= 0.3 is 6.09 Å². The smallest absolute Gasteiger partial charge is 0.410 e. The van der Waals surface area contributed by atoms with Crippen LogP contribution in [0.1, 0.15) is 46.5 Å². The maximum atomic E-state index is 12.0. The molecular formula is C15H24N2O3. The molecule has 20 heavy (non-hydrogen) atoms. The SMILES string of the molecule is CC(C)(C)OC(=O)N1CCC2(CC1)CC(C#N)CCO2. The normalized spacial score (nSPS) is 26.1. The van der Waals surface area contributed by atoms with E-state index in [-0.39, 0.29) is 17.6 Å². The standard InChI is InChI=1S/C15H24N2O3/c1-14(2,3)20-13(18)17-7-5-15(6-8-17)10-12(11-16)4-9-19-15/h12H,4-10H2,1-3H3. The van der Waals surface area contributed by atoms with Gasteiger partial charge in [0.05, 0.1) is 17.6 Å². The Labute approximate surface area is 120 Å². The Morgan fingerprint density at radius 1 is 1.40 bits per heavy atom. The van der Waals surface area contributed by atoms with Crippen molar-refractivity contribution in [3.63, 3.8) is 0 Å². The van der Waals surface area contributed by atoms with Crippen LogP contribution in [-0.2, 0) is 9.47 Å². The molecule has 1 unspecified atom stereocenters. The first-order valence-electron chi connectivity index (χ1n) is 7.35. The van der Waals surface area contributed by atoms with Crippen LogP contribution >= 0.6 is 0 Å². The first-order valence-corrected chi connectivity index (χ1v) is 7.35. The summed E-state index contributed by atoms with van der Waals surface area (Å²) in [5.41, 5.74) is -0.656. The van der Waals surface area contributed by atoms with Gasteiger partial charge < -0.3 is 14.4 Å². The molecule has 0 aromatic heterocycles. The minimum atomic E-state index is -0.459. The lowest BCUT2D eigenvalue weighted by atomic mass is 9.80. The van der Waals surface area contributed by atoms with Crippen molar-refractivity contribution in [2.75, 3.05) is 19.7 Å². The number of piperidine rings is 1. The topological polar surface area (TPSA) is 62.6 Å². The molecule has 0 aromatic rings. The van der Waals surface area contributed by atoms with E-state index >= 15 is 0 Å². The second kappa shape index (κ2) is 5.61. The molecular weight excluding hydrogens is 256 g/mol. The van der Waals surface area contributed by atoms with Crippen molar-refractivity contribution in [2.24, 2.45) is 5.92 Å². The number of hydrogen-bond acceptors (Lipinski definition) is 4. The van der Waals surface area contributed by atoms with Crippen LogP contribution in [0.4, 0.5) is 4.79 Å². The number of amides is 1. The van der Waals surface area contributed by atoms with Crippen LogP contribution in [-0.4, -0.2) is 41.9 Å². The summed E-state index contributed by atoms with van der Waals surface area (Å²) in [6.07, 6.45) is 2.97. The third-order valence-electron chi connectivity index (χ3n) is 4.00. The monoisotopic (exact) mass is 280 g/mol. The quantitative estimate of drug-likeness (QED) is 0.684. The summed E-state index contributed by atoms with van der Waals surface area (Å²) in [5.74, 6) is 0.0943. The summed E-state index contributed by atoms with van der Waals surface area (Å²) in [7, 11) is 0. The van der Waals surface area contributed by atoms with Gasteiger partial charge in [-0.15, -0.1) is 0 Å². The fraction of sp³-hybridized carbons (Fsp3) is 0.867. The highest BCUT2D eigenvalue weighted by Crippen LogP contribution is 2.37. The zero-order valence-electron chi connectivity index (χ0n) is 12.6. The highest BCUT2D eigenvalue weighted by atomic mass is 16.6. The molecule has 0 bridgehead atoms. The lowest BCUT2D eigenvalue weighted by Crippen LogP contribution is -2.51. The number of carbonyl (C=O) groups is 1. The number of likely N-dealkylation sites (tertiary alicyclic amines) is 1. The van der Waals surface area contributed by atoms with Crippen LogP contribution in [0, 0.1) is 17.2 Å². The summed E-state index contributed by atoms with van der Waals surface area (Å²) in [6.45, 7) is 7.57. The molecule has 0 radical (unpaired) electrons. The Balaban J connectivity index is 1.89. The lowest BCUT2D eigenvalue weighted by Gasteiger charge is -2.45. The molecule has 2 fully saturated rings. The van der Waals surface area contributed by atoms with E-state index in [1.165, 1.54) is 0 Å². The first kappa shape index (κ1) is 15.1. The van der Waals surface area contributed by atoms with E-state index < -0.39 is 5.60 Å². The zero-order chi connectivity index (χ0) is 14.8. The van der Waals surface area contributed by atoms with Crippen molar-refractivity contribution >= 4 is 6.09 Å². The second-order valence-electron chi connectivity index (χ2n) is 6.82. The highest BCUT2D eigenvalue weighted by Gasteiger charge is 2.41. The summed E-state index contributed by atoms with van der Waals surface area (Å²) in [6, 6.07) is 2.36. The Morgan fingerprint density at radius 2 is 2.05 bits per heavy atom. The maximum Gasteiger partial charge on any atom is 0.410 e. The van der Waals surface area contributed by atoms with Crippen LogP contribution < -0.4 is 0 Å². The molecule has 2 saturated heterocycles. The van der Waals surface area contributed by atoms with Gasteiger partial charge in [-0.25, -0.2) is 4.79 Å². The Kier molecular flexibility index (Phi) is 4.24. The maximum absolute atomic E-state index is 12.0. The van der Waals surface area contributed by atoms with Crippen LogP contribution in [0.2, 0.25) is 0 Å². The number of carbonyl (C=O) groups excluding carboxylic acids is 1. The minimum Gasteiger partial charge on any atom is -0.444 e. The van der Waals surface area contributed by atoms with Crippen LogP contribution in [0.5, 0.6) is 0 Å². The van der Waals surface area contributed by atoms with E-state index in [4.69, 9.17) is 14.7 Å². The molecule has 0 aliphatic carbocycles. The summed E-state index contributed by atoms with van der Waals surface area (Å²) >= 11 is 0. The average molecular weight is 280 g/mol. The van der Waals surface area contributed by atoms with E-state index in [0.29, 0.717) is 19.7 Å². The summed E-state index contributed by atoms with van der Waals surface area (Å²) in [5, 5.41) is 9.08. The molecule has 1 amide bonds. The van der Waals surface area contributed by atoms with E-state index in [9.17, 15) is 4.79 Å². The van der Waals surface area contributed by atoms with E-state index in [0.717, 1.165) is 25.7 Å². The Bertz CT molecular complexity index is 400. The van der Waals surface area contributed by atoms with Gasteiger partial charge in [-0.2, -0.15) is 5.26 Å². The molecule has 1 atom stereocenters. The Hall–Kier alpha value is -1.28. The molecule has 5 heteroatoms. The van der Waals surface area contributed by atoms with Crippen molar-refractivity contribution in [2.45, 2.75) is 57.7 Å². The third-order valence-corrected chi connectivity index (χ3v) is 4.00. The molecule has 2 rings (SSSR count). The molecule has 2 aliphatic heterocycles. The van der Waals surface area contributed by atoms with Gasteiger partial charge in [-0.3, -0.25) is 0 Å². The van der Waals surface area contributed by atoms with Crippen molar-refractivity contribution in [1.82, 2.24) is 4.90 Å². The predicted molar refractivity (Wildman–Crippen MR) is 74.1 cm³/mol. The van der Waals surface area contributed by atoms with Gasteiger partial charge in [0.1, 0.15) is 5.60 Å². The van der Waals surface area contributed by atoms with Crippen molar-refractivity contribution in [3.8, 4) is 6.07 Å². The number of nitrogens with zero attached hydrogens (tertiary/aromatic N) is 2. The summed E-state index contributed by atoms with van der Waals surface area (Å²) in [4.78, 5) is 13.8. The number of rotatable bonds is 0. The van der Waals surface area contributed by atoms with Gasteiger partial charge in [-0.05, 0) is 46.5 Å². The fourth-order valence-corrected chi connectivity index (χ4v) is 2.91. The highest BCUT2D eigenvalue weighted by molar-refractivity contribution is 5.68. The number of ether oxygens (including phenoxy) is 2. The molecule has 2 heterocycles. The van der Waals surface area contributed by atoms with Crippen molar-refractivity contribution < 1.29 is 14.3 Å². The van der Waals surface area contributed by atoms with Crippen molar-refractivity contribution in [1.29, 1.82) is 5.26 Å².